The van der Waals surface area contributed by atoms with Gasteiger partial charge in [0.25, 0.3) is 0 Å². The van der Waals surface area contributed by atoms with Crippen LogP contribution in [0.1, 0.15) is 13.3 Å². The van der Waals surface area contributed by atoms with Crippen LogP contribution in [-0.4, -0.2) is 18.5 Å². The highest BCUT2D eigenvalue weighted by atomic mass is 19.1. The number of halogens is 1. The molecule has 0 heterocycles. The van der Waals surface area contributed by atoms with Crippen LogP contribution >= 0.6 is 0 Å². The Balaban J connectivity index is 2.18. The Hall–Kier alpha value is -1.68. The SMILES string of the molecule is CCN(C(=O)C1C=CC(N)C1)c1cccc(F)c1. The van der Waals surface area contributed by atoms with Gasteiger partial charge < -0.3 is 10.6 Å². The first-order chi connectivity index (χ1) is 8.61. The molecular weight excluding hydrogens is 231 g/mol. The van der Waals surface area contributed by atoms with Crippen molar-refractivity contribution in [2.24, 2.45) is 11.7 Å². The predicted octanol–water partition coefficient (Wildman–Crippen LogP) is 2.08. The van der Waals surface area contributed by atoms with Crippen LogP contribution in [0, 0.1) is 11.7 Å². The molecule has 1 aromatic rings. The smallest absolute Gasteiger partial charge is 0.233 e. The van der Waals surface area contributed by atoms with E-state index in [4.69, 9.17) is 5.73 Å². The fourth-order valence-electron chi connectivity index (χ4n) is 2.22. The van der Waals surface area contributed by atoms with Crippen LogP contribution in [0.25, 0.3) is 0 Å². The van der Waals surface area contributed by atoms with Crippen molar-refractivity contribution in [1.82, 2.24) is 0 Å². The van der Waals surface area contributed by atoms with Crippen LogP contribution in [0.3, 0.4) is 0 Å². The second-order valence-electron chi connectivity index (χ2n) is 4.45. The summed E-state index contributed by atoms with van der Waals surface area (Å²) in [7, 11) is 0. The first-order valence-corrected chi connectivity index (χ1v) is 6.12. The van der Waals surface area contributed by atoms with Crippen LogP contribution < -0.4 is 10.6 Å². The van der Waals surface area contributed by atoms with Gasteiger partial charge in [-0.05, 0) is 31.5 Å². The molecule has 3 nitrogen and oxygen atoms in total. The Labute approximate surface area is 106 Å². The first kappa shape index (κ1) is 12.8. The third-order valence-corrected chi connectivity index (χ3v) is 3.14. The van der Waals surface area contributed by atoms with Crippen LogP contribution in [0.4, 0.5) is 10.1 Å². The maximum absolute atomic E-state index is 13.2. The molecule has 96 valence electrons. The summed E-state index contributed by atoms with van der Waals surface area (Å²) in [5.41, 5.74) is 6.34. The molecule has 1 amide bonds. The monoisotopic (exact) mass is 248 g/mol. The highest BCUT2D eigenvalue weighted by molar-refractivity contribution is 5.96. The lowest BCUT2D eigenvalue weighted by atomic mass is 10.1. The average molecular weight is 248 g/mol. The quantitative estimate of drug-likeness (QED) is 0.832. The van der Waals surface area contributed by atoms with E-state index in [0.717, 1.165) is 0 Å². The molecule has 0 aromatic heterocycles. The third kappa shape index (κ3) is 2.59. The van der Waals surface area contributed by atoms with E-state index in [1.807, 2.05) is 19.1 Å². The number of benzene rings is 1. The Morgan fingerprint density at radius 3 is 2.83 bits per heavy atom. The van der Waals surface area contributed by atoms with E-state index in [1.54, 1.807) is 17.0 Å². The molecule has 1 aliphatic carbocycles. The molecule has 0 saturated carbocycles. The second-order valence-corrected chi connectivity index (χ2v) is 4.45. The molecule has 4 heteroatoms. The summed E-state index contributed by atoms with van der Waals surface area (Å²) in [6.07, 6.45) is 4.32. The lowest BCUT2D eigenvalue weighted by molar-refractivity contribution is -0.121. The van der Waals surface area contributed by atoms with Crippen molar-refractivity contribution in [3.05, 3.63) is 42.2 Å². The van der Waals surface area contributed by atoms with Gasteiger partial charge in [0.05, 0.1) is 5.92 Å². The number of nitrogens with two attached hydrogens (primary N) is 1. The molecule has 0 saturated heterocycles. The van der Waals surface area contributed by atoms with Gasteiger partial charge in [0.2, 0.25) is 5.91 Å². The van der Waals surface area contributed by atoms with Crippen LogP contribution in [0.5, 0.6) is 0 Å². The molecule has 2 unspecified atom stereocenters. The molecule has 1 aliphatic rings. The van der Waals surface area contributed by atoms with Crippen LogP contribution in [0.15, 0.2) is 36.4 Å². The summed E-state index contributed by atoms with van der Waals surface area (Å²) >= 11 is 0. The van der Waals surface area contributed by atoms with E-state index in [9.17, 15) is 9.18 Å². The number of nitrogens with zero attached hydrogens (tertiary/aromatic N) is 1. The van der Waals surface area contributed by atoms with Gasteiger partial charge in [-0.3, -0.25) is 4.79 Å². The number of hydrogen-bond donors (Lipinski definition) is 1. The van der Waals surface area contributed by atoms with E-state index >= 15 is 0 Å². The molecule has 2 N–H and O–H groups in total. The van der Waals surface area contributed by atoms with Gasteiger partial charge in [-0.2, -0.15) is 0 Å². The summed E-state index contributed by atoms with van der Waals surface area (Å²) in [4.78, 5) is 13.9. The van der Waals surface area contributed by atoms with Crippen molar-refractivity contribution >= 4 is 11.6 Å². The zero-order valence-electron chi connectivity index (χ0n) is 10.3. The maximum atomic E-state index is 13.2. The van der Waals surface area contributed by atoms with Gasteiger partial charge >= 0.3 is 0 Å². The van der Waals surface area contributed by atoms with Gasteiger partial charge in [-0.1, -0.05) is 18.2 Å². The second kappa shape index (κ2) is 5.31. The number of anilines is 1. The summed E-state index contributed by atoms with van der Waals surface area (Å²) in [6, 6.07) is 6.04. The van der Waals surface area contributed by atoms with Gasteiger partial charge in [0.1, 0.15) is 5.82 Å². The first-order valence-electron chi connectivity index (χ1n) is 6.12. The van der Waals surface area contributed by atoms with Crippen molar-refractivity contribution in [2.45, 2.75) is 19.4 Å². The molecule has 2 rings (SSSR count). The van der Waals surface area contributed by atoms with Crippen molar-refractivity contribution in [3.63, 3.8) is 0 Å². The molecule has 0 aliphatic heterocycles. The number of hydrogen-bond acceptors (Lipinski definition) is 2. The van der Waals surface area contributed by atoms with E-state index in [0.29, 0.717) is 18.7 Å². The summed E-state index contributed by atoms with van der Waals surface area (Å²) in [5, 5.41) is 0. The summed E-state index contributed by atoms with van der Waals surface area (Å²) < 4.78 is 13.2. The zero-order chi connectivity index (χ0) is 13.1. The van der Waals surface area contributed by atoms with E-state index in [-0.39, 0.29) is 23.7 Å². The van der Waals surface area contributed by atoms with Crippen molar-refractivity contribution < 1.29 is 9.18 Å². The third-order valence-electron chi connectivity index (χ3n) is 3.14. The molecule has 0 fully saturated rings. The van der Waals surface area contributed by atoms with Crippen molar-refractivity contribution in [1.29, 1.82) is 0 Å². The van der Waals surface area contributed by atoms with Crippen LogP contribution in [-0.2, 0) is 4.79 Å². The van der Waals surface area contributed by atoms with Gasteiger partial charge in [0, 0.05) is 18.3 Å². The minimum atomic E-state index is -0.336. The van der Waals surface area contributed by atoms with Gasteiger partial charge in [-0.25, -0.2) is 4.39 Å². The summed E-state index contributed by atoms with van der Waals surface area (Å²) in [6.45, 7) is 2.39. The standard InChI is InChI=1S/C14H17FN2O/c1-2-17(13-5-3-4-11(15)9-13)14(18)10-6-7-12(16)8-10/h3-7,9-10,12H,2,8,16H2,1H3. The van der Waals surface area contributed by atoms with Gasteiger partial charge in [-0.15, -0.1) is 0 Å². The Morgan fingerprint density at radius 2 is 2.28 bits per heavy atom. The molecule has 18 heavy (non-hydrogen) atoms. The Morgan fingerprint density at radius 1 is 1.50 bits per heavy atom. The Bertz CT molecular complexity index is 473. The number of rotatable bonds is 3. The largest absolute Gasteiger partial charge is 0.324 e. The molecule has 1 aromatic carbocycles. The minimum Gasteiger partial charge on any atom is -0.324 e. The number of amides is 1. The minimum absolute atomic E-state index is 0.0210. The molecule has 2 atom stereocenters. The highest BCUT2D eigenvalue weighted by Crippen LogP contribution is 2.23. The predicted molar refractivity (Wildman–Crippen MR) is 69.6 cm³/mol. The van der Waals surface area contributed by atoms with Gasteiger partial charge in [0.15, 0.2) is 0 Å². The molecule has 0 radical (unpaired) electrons. The number of carbonyl (C=O) groups excluding carboxylic acids is 1. The topological polar surface area (TPSA) is 46.3 Å². The lowest BCUT2D eigenvalue weighted by Gasteiger charge is -2.24. The van der Waals surface area contributed by atoms with E-state index in [1.165, 1.54) is 12.1 Å². The van der Waals surface area contributed by atoms with Crippen molar-refractivity contribution in [3.8, 4) is 0 Å². The van der Waals surface area contributed by atoms with E-state index in [2.05, 4.69) is 0 Å². The fourth-order valence-corrected chi connectivity index (χ4v) is 2.22. The number of carbonyl (C=O) groups is 1. The molecule has 0 bridgehead atoms. The Kier molecular flexibility index (Phi) is 3.77. The van der Waals surface area contributed by atoms with Crippen molar-refractivity contribution in [2.75, 3.05) is 11.4 Å². The van der Waals surface area contributed by atoms with Crippen LogP contribution in [0.2, 0.25) is 0 Å². The highest BCUT2D eigenvalue weighted by Gasteiger charge is 2.27. The average Bonchev–Trinajstić information content (AvgIpc) is 2.77. The fraction of sp³-hybridized carbons (Fsp3) is 0.357. The zero-order valence-corrected chi connectivity index (χ0v) is 10.3. The normalized spacial score (nSPS) is 22.2. The lowest BCUT2D eigenvalue weighted by Crippen LogP contribution is -2.36. The molecular formula is C14H17FN2O. The molecule has 0 spiro atoms. The summed E-state index contributed by atoms with van der Waals surface area (Å²) in [5.74, 6) is -0.548. The van der Waals surface area contributed by atoms with E-state index < -0.39 is 0 Å². The maximum Gasteiger partial charge on any atom is 0.233 e.